The maximum Gasteiger partial charge on any atom is 0.257 e. The topological polar surface area (TPSA) is 79.5 Å². The lowest BCUT2D eigenvalue weighted by molar-refractivity contribution is -0.123. The first-order valence-corrected chi connectivity index (χ1v) is 9.22. The largest absolute Gasteiger partial charge is 0.484 e. The molecule has 3 atom stereocenters. The summed E-state index contributed by atoms with van der Waals surface area (Å²) in [5, 5.41) is 9.14. The van der Waals surface area contributed by atoms with E-state index in [-0.39, 0.29) is 24.5 Å². The van der Waals surface area contributed by atoms with Crippen LogP contribution in [0.1, 0.15) is 39.0 Å². The van der Waals surface area contributed by atoms with Gasteiger partial charge >= 0.3 is 0 Å². The average Bonchev–Trinajstić information content (AvgIpc) is 3.06. The summed E-state index contributed by atoms with van der Waals surface area (Å²) in [6.45, 7) is 2.45. The fraction of sp³-hybridized carbons (Fsp3) is 0.579. The number of anilines is 1. The first kappa shape index (κ1) is 17.7. The molecule has 2 amide bonds. The van der Waals surface area contributed by atoms with E-state index in [1.54, 1.807) is 24.3 Å². The molecular weight excluding hydrogens is 318 g/mol. The second kappa shape index (κ2) is 8.34. The van der Waals surface area contributed by atoms with Crippen LogP contribution in [-0.4, -0.2) is 37.0 Å². The summed E-state index contributed by atoms with van der Waals surface area (Å²) in [6.07, 6.45) is 5.91. The molecule has 6 nitrogen and oxygen atoms in total. The smallest absolute Gasteiger partial charge is 0.257 e. The van der Waals surface area contributed by atoms with Crippen molar-refractivity contribution in [3.63, 3.8) is 0 Å². The number of rotatable bonds is 6. The van der Waals surface area contributed by atoms with Gasteiger partial charge < -0.3 is 20.7 Å². The Bertz CT molecular complexity index is 588. The summed E-state index contributed by atoms with van der Waals surface area (Å²) in [4.78, 5) is 23.9. The fourth-order valence-corrected chi connectivity index (χ4v) is 3.78. The molecule has 3 N–H and O–H groups in total. The van der Waals surface area contributed by atoms with Crippen LogP contribution >= 0.6 is 0 Å². The molecule has 136 valence electrons. The second-order valence-electron chi connectivity index (χ2n) is 6.86. The summed E-state index contributed by atoms with van der Waals surface area (Å²) in [5.41, 5.74) is 0.743. The Morgan fingerprint density at radius 1 is 1.20 bits per heavy atom. The number of fused-ring (bicyclic) bond motifs is 1. The molecule has 3 unspecified atom stereocenters. The summed E-state index contributed by atoms with van der Waals surface area (Å²) >= 11 is 0. The SMILES string of the molecule is CCNC(=O)COc1ccc(NC(=O)C2CC3CCCCC3N2)cc1. The van der Waals surface area contributed by atoms with Crippen molar-refractivity contribution < 1.29 is 14.3 Å². The van der Waals surface area contributed by atoms with E-state index in [2.05, 4.69) is 16.0 Å². The number of ether oxygens (including phenoxy) is 1. The molecule has 3 rings (SSSR count). The number of nitrogens with one attached hydrogen (secondary N) is 3. The van der Waals surface area contributed by atoms with Crippen molar-refractivity contribution in [1.82, 2.24) is 10.6 Å². The minimum absolute atomic E-state index is 0.00564. The number of carbonyl (C=O) groups is 2. The Hall–Kier alpha value is -2.08. The van der Waals surface area contributed by atoms with Crippen molar-refractivity contribution in [1.29, 1.82) is 0 Å². The normalized spacial score (nSPS) is 25.1. The molecule has 0 aromatic heterocycles. The zero-order valence-corrected chi connectivity index (χ0v) is 14.7. The third-order valence-electron chi connectivity index (χ3n) is 5.05. The van der Waals surface area contributed by atoms with Crippen molar-refractivity contribution in [3.05, 3.63) is 24.3 Å². The fourth-order valence-electron chi connectivity index (χ4n) is 3.78. The number of amides is 2. The number of carbonyl (C=O) groups excluding carboxylic acids is 2. The van der Waals surface area contributed by atoms with Gasteiger partial charge in [0.2, 0.25) is 5.91 Å². The molecule has 2 aliphatic rings. The molecule has 1 saturated carbocycles. The molecule has 6 heteroatoms. The van der Waals surface area contributed by atoms with Crippen LogP contribution in [0, 0.1) is 5.92 Å². The van der Waals surface area contributed by atoms with Gasteiger partial charge in [-0.25, -0.2) is 0 Å². The van der Waals surface area contributed by atoms with E-state index in [1.165, 1.54) is 25.7 Å². The predicted molar refractivity (Wildman–Crippen MR) is 96.5 cm³/mol. The van der Waals surface area contributed by atoms with Crippen molar-refractivity contribution in [2.45, 2.75) is 51.1 Å². The van der Waals surface area contributed by atoms with Gasteiger partial charge in [0, 0.05) is 18.3 Å². The molecule has 1 heterocycles. The van der Waals surface area contributed by atoms with Crippen LogP contribution in [-0.2, 0) is 9.59 Å². The van der Waals surface area contributed by atoms with Crippen molar-refractivity contribution in [2.24, 2.45) is 5.92 Å². The molecule has 0 spiro atoms. The van der Waals surface area contributed by atoms with E-state index >= 15 is 0 Å². The molecule has 25 heavy (non-hydrogen) atoms. The van der Waals surface area contributed by atoms with Gasteiger partial charge in [-0.3, -0.25) is 9.59 Å². The number of benzene rings is 1. The van der Waals surface area contributed by atoms with E-state index in [0.29, 0.717) is 24.3 Å². The Morgan fingerprint density at radius 3 is 2.68 bits per heavy atom. The van der Waals surface area contributed by atoms with Crippen molar-refractivity contribution in [2.75, 3.05) is 18.5 Å². The Balaban J connectivity index is 1.48. The summed E-state index contributed by atoms with van der Waals surface area (Å²) in [6, 6.07) is 7.53. The van der Waals surface area contributed by atoms with Gasteiger partial charge in [0.15, 0.2) is 6.61 Å². The van der Waals surface area contributed by atoms with Crippen LogP contribution in [0.25, 0.3) is 0 Å². The monoisotopic (exact) mass is 345 g/mol. The molecule has 1 saturated heterocycles. The highest BCUT2D eigenvalue weighted by Crippen LogP contribution is 2.33. The molecule has 1 aliphatic heterocycles. The molecule has 0 bridgehead atoms. The molecule has 2 fully saturated rings. The van der Waals surface area contributed by atoms with Gasteiger partial charge in [0.25, 0.3) is 5.91 Å². The number of likely N-dealkylation sites (N-methyl/N-ethyl adjacent to an activating group) is 1. The number of hydrogen-bond acceptors (Lipinski definition) is 4. The first-order valence-electron chi connectivity index (χ1n) is 9.22. The molecule has 0 radical (unpaired) electrons. The standard InChI is InChI=1S/C19H27N3O3/c1-2-20-18(23)12-25-15-9-7-14(8-10-15)21-19(24)17-11-13-5-3-4-6-16(13)22-17/h7-10,13,16-17,22H,2-6,11-12H2,1H3,(H,20,23)(H,21,24). The molecule has 1 aromatic carbocycles. The zero-order valence-electron chi connectivity index (χ0n) is 14.7. The van der Waals surface area contributed by atoms with E-state index in [9.17, 15) is 9.59 Å². The highest BCUT2D eigenvalue weighted by atomic mass is 16.5. The van der Waals surface area contributed by atoms with E-state index in [1.807, 2.05) is 6.92 Å². The van der Waals surface area contributed by atoms with Gasteiger partial charge in [-0.05, 0) is 56.4 Å². The summed E-state index contributed by atoms with van der Waals surface area (Å²) in [7, 11) is 0. The zero-order chi connectivity index (χ0) is 17.6. The highest BCUT2D eigenvalue weighted by molar-refractivity contribution is 5.95. The van der Waals surface area contributed by atoms with Crippen LogP contribution in [0.5, 0.6) is 5.75 Å². The third-order valence-corrected chi connectivity index (χ3v) is 5.05. The van der Waals surface area contributed by atoms with E-state index in [0.717, 1.165) is 12.1 Å². The Labute approximate surface area is 148 Å². The van der Waals surface area contributed by atoms with Crippen LogP contribution in [0.2, 0.25) is 0 Å². The highest BCUT2D eigenvalue weighted by Gasteiger charge is 2.38. The van der Waals surface area contributed by atoms with Crippen LogP contribution in [0.4, 0.5) is 5.69 Å². The van der Waals surface area contributed by atoms with Gasteiger partial charge in [-0.2, -0.15) is 0 Å². The van der Waals surface area contributed by atoms with Crippen LogP contribution in [0.3, 0.4) is 0 Å². The van der Waals surface area contributed by atoms with Crippen molar-refractivity contribution in [3.8, 4) is 5.75 Å². The lowest BCUT2D eigenvalue weighted by Gasteiger charge is -2.24. The van der Waals surface area contributed by atoms with Crippen LogP contribution in [0.15, 0.2) is 24.3 Å². The molecule has 1 aromatic rings. The minimum Gasteiger partial charge on any atom is -0.484 e. The predicted octanol–water partition coefficient (Wildman–Crippen LogP) is 2.06. The maximum absolute atomic E-state index is 12.5. The van der Waals surface area contributed by atoms with E-state index in [4.69, 9.17) is 4.74 Å². The lowest BCUT2D eigenvalue weighted by Crippen LogP contribution is -2.39. The van der Waals surface area contributed by atoms with Gasteiger partial charge in [0.1, 0.15) is 5.75 Å². The molecular formula is C19H27N3O3. The summed E-state index contributed by atoms with van der Waals surface area (Å²) in [5.74, 6) is 1.14. The first-order chi connectivity index (χ1) is 12.2. The van der Waals surface area contributed by atoms with Gasteiger partial charge in [0.05, 0.1) is 6.04 Å². The third kappa shape index (κ3) is 4.72. The second-order valence-corrected chi connectivity index (χ2v) is 6.86. The van der Waals surface area contributed by atoms with Crippen molar-refractivity contribution >= 4 is 17.5 Å². The van der Waals surface area contributed by atoms with E-state index < -0.39 is 0 Å². The Morgan fingerprint density at radius 2 is 1.96 bits per heavy atom. The van der Waals surface area contributed by atoms with Gasteiger partial charge in [-0.1, -0.05) is 12.8 Å². The lowest BCUT2D eigenvalue weighted by atomic mass is 9.85. The van der Waals surface area contributed by atoms with Crippen LogP contribution < -0.4 is 20.7 Å². The maximum atomic E-state index is 12.5. The summed E-state index contributed by atoms with van der Waals surface area (Å²) < 4.78 is 5.41. The quantitative estimate of drug-likeness (QED) is 0.737. The number of hydrogen-bond donors (Lipinski definition) is 3. The van der Waals surface area contributed by atoms with Gasteiger partial charge in [-0.15, -0.1) is 0 Å². The molecule has 1 aliphatic carbocycles. The minimum atomic E-state index is -0.145. The average molecular weight is 345 g/mol. The Kier molecular flexibility index (Phi) is 5.91.